The Morgan fingerprint density at radius 2 is 2.11 bits per heavy atom. The Balaban J connectivity index is 1.89. The summed E-state index contributed by atoms with van der Waals surface area (Å²) in [6.07, 6.45) is 3.19. The summed E-state index contributed by atoms with van der Waals surface area (Å²) in [5, 5.41) is 11.8. The molecule has 1 aliphatic carbocycles. The van der Waals surface area contributed by atoms with Crippen LogP contribution in [0.1, 0.15) is 25.7 Å². The quantitative estimate of drug-likeness (QED) is 0.904. The number of nitrogens with zero attached hydrogens (tertiary/aromatic N) is 1. The van der Waals surface area contributed by atoms with E-state index in [0.717, 1.165) is 12.8 Å². The molecule has 0 saturated heterocycles. The minimum atomic E-state index is -0.768. The van der Waals surface area contributed by atoms with Crippen molar-refractivity contribution < 1.29 is 13.9 Å². The number of carbonyl (C=O) groups excluding carboxylic acids is 1. The normalized spacial score (nSPS) is 16.6. The molecule has 100 valence electrons. The van der Waals surface area contributed by atoms with Gasteiger partial charge in [-0.15, -0.1) is 0 Å². The van der Waals surface area contributed by atoms with Crippen LogP contribution in [0.3, 0.4) is 0 Å². The van der Waals surface area contributed by atoms with Gasteiger partial charge < -0.3 is 10.1 Å². The zero-order valence-corrected chi connectivity index (χ0v) is 10.5. The van der Waals surface area contributed by atoms with Crippen LogP contribution in [0.4, 0.5) is 4.39 Å². The summed E-state index contributed by atoms with van der Waals surface area (Å²) in [4.78, 5) is 11.7. The van der Waals surface area contributed by atoms with Crippen molar-refractivity contribution in [3.63, 3.8) is 0 Å². The molecule has 0 radical (unpaired) electrons. The zero-order chi connectivity index (χ0) is 13.7. The van der Waals surface area contributed by atoms with E-state index in [1.165, 1.54) is 12.1 Å². The Kier molecular flexibility index (Phi) is 4.00. The minimum Gasteiger partial charge on any atom is -0.481 e. The summed E-state index contributed by atoms with van der Waals surface area (Å²) >= 11 is 0. The second kappa shape index (κ2) is 5.70. The first-order chi connectivity index (χ1) is 9.15. The first kappa shape index (κ1) is 13.3. The number of hydrogen-bond donors (Lipinski definition) is 1. The molecule has 19 heavy (non-hydrogen) atoms. The summed E-state index contributed by atoms with van der Waals surface area (Å²) in [5.74, 6) is -0.868. The third-order valence-corrected chi connectivity index (χ3v) is 3.25. The zero-order valence-electron chi connectivity index (χ0n) is 10.5. The van der Waals surface area contributed by atoms with Crippen molar-refractivity contribution in [3.8, 4) is 11.8 Å². The van der Waals surface area contributed by atoms with E-state index < -0.39 is 17.3 Å². The molecule has 0 bridgehead atoms. The van der Waals surface area contributed by atoms with Gasteiger partial charge in [0.1, 0.15) is 5.54 Å². The van der Waals surface area contributed by atoms with E-state index in [2.05, 4.69) is 11.4 Å². The highest BCUT2D eigenvalue weighted by Gasteiger charge is 2.35. The SMILES string of the molecule is N#CC1(NC(=O)COc2ccccc2F)CCCC1. The fraction of sp³-hybridized carbons (Fsp3) is 0.429. The average Bonchev–Trinajstić information content (AvgIpc) is 2.87. The van der Waals surface area contributed by atoms with Crippen molar-refractivity contribution >= 4 is 5.91 Å². The van der Waals surface area contributed by atoms with Gasteiger partial charge >= 0.3 is 0 Å². The summed E-state index contributed by atoms with van der Waals surface area (Å²) in [5.41, 5.74) is -0.768. The van der Waals surface area contributed by atoms with Crippen molar-refractivity contribution in [3.05, 3.63) is 30.1 Å². The number of nitrogens with one attached hydrogen (secondary N) is 1. The second-order valence-corrected chi connectivity index (χ2v) is 4.67. The lowest BCUT2D eigenvalue weighted by molar-refractivity contribution is -0.124. The van der Waals surface area contributed by atoms with E-state index in [-0.39, 0.29) is 12.4 Å². The van der Waals surface area contributed by atoms with E-state index in [0.29, 0.717) is 12.8 Å². The molecule has 2 rings (SSSR count). The van der Waals surface area contributed by atoms with Gasteiger partial charge in [-0.3, -0.25) is 4.79 Å². The van der Waals surface area contributed by atoms with Crippen LogP contribution in [0.25, 0.3) is 0 Å². The minimum absolute atomic E-state index is 0.0371. The van der Waals surface area contributed by atoms with Crippen LogP contribution in [-0.4, -0.2) is 18.1 Å². The molecule has 0 aromatic heterocycles. The number of para-hydroxylation sites is 1. The molecule has 1 aromatic carbocycles. The third-order valence-electron chi connectivity index (χ3n) is 3.25. The highest BCUT2D eigenvalue weighted by atomic mass is 19.1. The Morgan fingerprint density at radius 3 is 2.74 bits per heavy atom. The van der Waals surface area contributed by atoms with E-state index in [1.54, 1.807) is 12.1 Å². The molecular formula is C14H15FN2O2. The summed E-state index contributed by atoms with van der Waals surface area (Å²) in [6, 6.07) is 8.05. The molecule has 0 atom stereocenters. The number of halogens is 1. The van der Waals surface area contributed by atoms with Crippen molar-refractivity contribution in [2.45, 2.75) is 31.2 Å². The van der Waals surface area contributed by atoms with Crippen LogP contribution >= 0.6 is 0 Å². The molecule has 0 unspecified atom stereocenters. The number of ether oxygens (including phenoxy) is 1. The standard InChI is InChI=1S/C14H15FN2O2/c15-11-5-1-2-6-12(11)19-9-13(18)17-14(10-16)7-3-4-8-14/h1-2,5-6H,3-4,7-9H2,(H,17,18). The fourth-order valence-corrected chi connectivity index (χ4v) is 2.25. The molecule has 1 N–H and O–H groups in total. The lowest BCUT2D eigenvalue weighted by Crippen LogP contribution is -2.47. The van der Waals surface area contributed by atoms with E-state index in [9.17, 15) is 9.18 Å². The third kappa shape index (κ3) is 3.22. The Labute approximate surface area is 111 Å². The molecule has 0 spiro atoms. The van der Waals surface area contributed by atoms with E-state index in [4.69, 9.17) is 10.00 Å². The van der Waals surface area contributed by atoms with Crippen LogP contribution in [0, 0.1) is 17.1 Å². The molecule has 4 nitrogen and oxygen atoms in total. The van der Waals surface area contributed by atoms with E-state index >= 15 is 0 Å². The van der Waals surface area contributed by atoms with Crippen molar-refractivity contribution in [2.75, 3.05) is 6.61 Å². The van der Waals surface area contributed by atoms with Gasteiger partial charge in [-0.2, -0.15) is 5.26 Å². The molecule has 0 aliphatic heterocycles. The number of carbonyl (C=O) groups is 1. The van der Waals surface area contributed by atoms with Crippen molar-refractivity contribution in [1.82, 2.24) is 5.32 Å². The number of hydrogen-bond acceptors (Lipinski definition) is 3. The monoisotopic (exact) mass is 262 g/mol. The Bertz CT molecular complexity index is 504. The van der Waals surface area contributed by atoms with Crippen LogP contribution in [-0.2, 0) is 4.79 Å². The van der Waals surface area contributed by atoms with Gasteiger partial charge in [0.25, 0.3) is 5.91 Å². The Hall–Kier alpha value is -2.09. The molecular weight excluding hydrogens is 247 g/mol. The maximum atomic E-state index is 13.3. The maximum Gasteiger partial charge on any atom is 0.259 e. The van der Waals surface area contributed by atoms with Crippen molar-refractivity contribution in [2.24, 2.45) is 0 Å². The predicted octanol–water partition coefficient (Wildman–Crippen LogP) is 2.16. The van der Waals surface area contributed by atoms with Gasteiger partial charge in [-0.25, -0.2) is 4.39 Å². The van der Waals surface area contributed by atoms with Gasteiger partial charge in [0.05, 0.1) is 6.07 Å². The molecule has 5 heteroatoms. The van der Waals surface area contributed by atoms with Crippen LogP contribution in [0.5, 0.6) is 5.75 Å². The number of nitriles is 1. The largest absolute Gasteiger partial charge is 0.481 e. The number of rotatable bonds is 4. The van der Waals surface area contributed by atoms with E-state index in [1.807, 2.05) is 0 Å². The topological polar surface area (TPSA) is 62.1 Å². The second-order valence-electron chi connectivity index (χ2n) is 4.67. The summed E-state index contributed by atoms with van der Waals surface area (Å²) in [7, 11) is 0. The maximum absolute atomic E-state index is 13.3. The Morgan fingerprint density at radius 1 is 1.42 bits per heavy atom. The molecule has 1 aliphatic rings. The predicted molar refractivity (Wildman–Crippen MR) is 66.8 cm³/mol. The smallest absolute Gasteiger partial charge is 0.259 e. The summed E-state index contributed by atoms with van der Waals surface area (Å²) < 4.78 is 18.4. The number of amides is 1. The molecule has 1 amide bonds. The molecule has 1 fully saturated rings. The van der Waals surface area contributed by atoms with Gasteiger partial charge in [-0.1, -0.05) is 12.1 Å². The summed E-state index contributed by atoms with van der Waals surface area (Å²) in [6.45, 7) is -0.287. The highest BCUT2D eigenvalue weighted by molar-refractivity contribution is 5.79. The van der Waals surface area contributed by atoms with Gasteiger partial charge in [0.2, 0.25) is 0 Å². The molecule has 0 heterocycles. The molecule has 1 aromatic rings. The van der Waals surface area contributed by atoms with Crippen LogP contribution < -0.4 is 10.1 Å². The lowest BCUT2D eigenvalue weighted by atomic mass is 10.00. The average molecular weight is 262 g/mol. The molecule has 1 saturated carbocycles. The lowest BCUT2D eigenvalue weighted by Gasteiger charge is -2.21. The first-order valence-electron chi connectivity index (χ1n) is 6.25. The first-order valence-corrected chi connectivity index (χ1v) is 6.25. The van der Waals surface area contributed by atoms with Crippen LogP contribution in [0.2, 0.25) is 0 Å². The highest BCUT2D eigenvalue weighted by Crippen LogP contribution is 2.28. The number of benzene rings is 1. The van der Waals surface area contributed by atoms with Gasteiger partial charge in [0.15, 0.2) is 18.2 Å². The van der Waals surface area contributed by atoms with Gasteiger partial charge in [0, 0.05) is 0 Å². The van der Waals surface area contributed by atoms with Gasteiger partial charge in [-0.05, 0) is 37.8 Å². The van der Waals surface area contributed by atoms with Crippen LogP contribution in [0.15, 0.2) is 24.3 Å². The van der Waals surface area contributed by atoms with Crippen molar-refractivity contribution in [1.29, 1.82) is 5.26 Å². The fourth-order valence-electron chi connectivity index (χ4n) is 2.25.